The smallest absolute Gasteiger partial charge is 0.414 e. The standard InChI is InChI=1S/C16H15ClFN3O10P/c17-16(18)13(23)11(30-14(16)20-4-3-12(22)19-15(20)24)7-29-32(27)28-6-8-5-9(21(25)26)1-2-10(8)31-32/h1-5,11,13-14,23,27H,6-7H2,(H,19,22,24)/t11-,13-,14-,16-/m1/s1. The van der Waals surface area contributed by atoms with Gasteiger partial charge in [0.15, 0.2) is 6.23 Å². The summed E-state index contributed by atoms with van der Waals surface area (Å²) in [6.45, 7) is -0.923. The summed E-state index contributed by atoms with van der Waals surface area (Å²) in [5.74, 6) is 0.0837. The number of hydrogen-bond acceptors (Lipinski definition) is 10. The van der Waals surface area contributed by atoms with E-state index in [2.05, 4.69) is 0 Å². The molecule has 16 heteroatoms. The number of benzene rings is 1. The molecule has 2 aliphatic heterocycles. The lowest BCUT2D eigenvalue weighted by atomic mass is 10.1. The molecule has 1 fully saturated rings. The Bertz CT molecular complexity index is 1180. The fourth-order valence-electron chi connectivity index (χ4n) is 3.13. The number of aliphatic hydroxyl groups excluding tert-OH is 1. The summed E-state index contributed by atoms with van der Waals surface area (Å²) in [5, 5.41) is 18.1. The number of nitrogens with zero attached hydrogens (tertiary/aromatic N) is 2. The molecule has 4 rings (SSSR count). The predicted octanol–water partition coefficient (Wildman–Crippen LogP) is 0.903. The van der Waals surface area contributed by atoms with Gasteiger partial charge in [0.2, 0.25) is 0 Å². The van der Waals surface area contributed by atoms with Gasteiger partial charge in [0.25, 0.3) is 16.4 Å². The van der Waals surface area contributed by atoms with Gasteiger partial charge in [0.1, 0.15) is 18.0 Å². The Labute approximate surface area is 182 Å². The number of fused-ring (bicyclic) bond motifs is 1. The average molecular weight is 495 g/mol. The fourth-order valence-corrected chi connectivity index (χ4v) is 4.67. The van der Waals surface area contributed by atoms with Crippen molar-refractivity contribution in [3.63, 3.8) is 0 Å². The fraction of sp³-hybridized carbons (Fsp3) is 0.375. The van der Waals surface area contributed by atoms with Gasteiger partial charge in [-0.1, -0.05) is 11.6 Å². The van der Waals surface area contributed by atoms with E-state index < -0.39 is 54.5 Å². The highest BCUT2D eigenvalue weighted by molar-refractivity contribution is 7.55. The molecule has 0 aliphatic carbocycles. The Kier molecular flexibility index (Phi) is 5.79. The largest absolute Gasteiger partial charge is 0.434 e. The highest BCUT2D eigenvalue weighted by atomic mass is 35.5. The summed E-state index contributed by atoms with van der Waals surface area (Å²) in [4.78, 5) is 45.8. The van der Waals surface area contributed by atoms with Crippen LogP contribution in [0.15, 0.2) is 40.1 Å². The van der Waals surface area contributed by atoms with Crippen LogP contribution in [0.5, 0.6) is 5.75 Å². The summed E-state index contributed by atoms with van der Waals surface area (Å²) in [6.07, 6.45) is -4.34. The third-order valence-electron chi connectivity index (χ3n) is 4.74. The normalized spacial score (nSPS) is 31.7. The molecule has 1 radical (unpaired) electrons. The van der Waals surface area contributed by atoms with Crippen LogP contribution in [0.4, 0.5) is 10.1 Å². The Morgan fingerprint density at radius 1 is 1.44 bits per heavy atom. The summed E-state index contributed by atoms with van der Waals surface area (Å²) < 4.78 is 36.6. The molecule has 32 heavy (non-hydrogen) atoms. The molecule has 1 saturated heterocycles. The highest BCUT2D eigenvalue weighted by Gasteiger charge is 2.58. The van der Waals surface area contributed by atoms with Gasteiger partial charge in [0, 0.05) is 30.0 Å². The molecule has 2 aliphatic rings. The minimum atomic E-state index is -4.01. The molecule has 13 nitrogen and oxygen atoms in total. The Balaban J connectivity index is 1.47. The van der Waals surface area contributed by atoms with E-state index in [-0.39, 0.29) is 18.0 Å². The first-order valence-electron chi connectivity index (χ1n) is 8.91. The third-order valence-corrected chi connectivity index (χ3v) is 6.51. The molecule has 2 aromatic rings. The number of nitro groups is 1. The lowest BCUT2D eigenvalue weighted by Gasteiger charge is -2.33. The number of nitro benzene ring substituents is 1. The number of aliphatic hydroxyl groups is 1. The summed E-state index contributed by atoms with van der Waals surface area (Å²) in [7, 11) is -4.01. The number of halogens is 2. The SMILES string of the molecule is O=c1ccn([C@@H]2O[C@H](CO[P]3(O)OCc4cc([N+](=O)[O-])ccc4O3)[C@@H](O)[C@]2(F)Cl)c(=O)[nH]1. The van der Waals surface area contributed by atoms with E-state index in [4.69, 9.17) is 29.9 Å². The first kappa shape index (κ1) is 22.7. The maximum Gasteiger partial charge on any atom is 0.434 e. The van der Waals surface area contributed by atoms with Crippen molar-refractivity contribution in [3.8, 4) is 5.75 Å². The molecule has 1 aromatic carbocycles. The second kappa shape index (κ2) is 8.15. The van der Waals surface area contributed by atoms with Crippen molar-refractivity contribution in [2.75, 3.05) is 6.61 Å². The van der Waals surface area contributed by atoms with Gasteiger partial charge >= 0.3 is 13.9 Å². The van der Waals surface area contributed by atoms with E-state index >= 15 is 0 Å². The number of aromatic nitrogens is 2. The average Bonchev–Trinajstić information content (AvgIpc) is 2.95. The van der Waals surface area contributed by atoms with Crippen LogP contribution in [0, 0.1) is 10.1 Å². The van der Waals surface area contributed by atoms with Crippen LogP contribution < -0.4 is 15.8 Å². The zero-order valence-electron chi connectivity index (χ0n) is 15.8. The second-order valence-electron chi connectivity index (χ2n) is 6.84. The van der Waals surface area contributed by atoms with E-state index in [1.807, 2.05) is 4.98 Å². The molecular weight excluding hydrogens is 480 g/mol. The first-order valence-corrected chi connectivity index (χ1v) is 10.8. The minimum absolute atomic E-state index is 0.0837. The van der Waals surface area contributed by atoms with Crippen molar-refractivity contribution in [2.24, 2.45) is 0 Å². The van der Waals surface area contributed by atoms with Crippen molar-refractivity contribution >= 4 is 25.5 Å². The van der Waals surface area contributed by atoms with Crippen molar-refractivity contribution in [1.29, 1.82) is 0 Å². The number of hydrogen-bond donors (Lipinski definition) is 3. The van der Waals surface area contributed by atoms with Gasteiger partial charge in [-0.3, -0.25) is 33.5 Å². The van der Waals surface area contributed by atoms with E-state index in [1.165, 1.54) is 12.1 Å². The first-order chi connectivity index (χ1) is 15.0. The number of non-ortho nitro benzene ring substituents is 1. The molecule has 5 atom stereocenters. The zero-order chi connectivity index (χ0) is 23.3. The van der Waals surface area contributed by atoms with Crippen molar-refractivity contribution < 1.29 is 37.6 Å². The summed E-state index contributed by atoms with van der Waals surface area (Å²) in [5.41, 5.74) is -1.65. The molecule has 0 amide bonds. The summed E-state index contributed by atoms with van der Waals surface area (Å²) >= 11 is 5.77. The molecule has 3 N–H and O–H groups in total. The molecule has 1 unspecified atom stereocenters. The van der Waals surface area contributed by atoms with Gasteiger partial charge in [-0.05, 0) is 6.07 Å². The number of rotatable bonds is 5. The molecule has 0 spiro atoms. The molecule has 1 aromatic heterocycles. The lowest BCUT2D eigenvalue weighted by molar-refractivity contribution is -0.385. The number of ether oxygens (including phenoxy) is 1. The number of H-pyrrole nitrogens is 1. The Morgan fingerprint density at radius 2 is 2.19 bits per heavy atom. The van der Waals surface area contributed by atoms with Crippen LogP contribution in [0.2, 0.25) is 0 Å². The van der Waals surface area contributed by atoms with Crippen LogP contribution >= 0.6 is 19.8 Å². The van der Waals surface area contributed by atoms with Crippen molar-refractivity contribution in [1.82, 2.24) is 9.55 Å². The molecular formula is C16H15ClFN3O10P. The number of aromatic amines is 1. The minimum Gasteiger partial charge on any atom is -0.414 e. The third kappa shape index (κ3) is 4.13. The second-order valence-corrected chi connectivity index (χ2v) is 9.06. The molecule has 0 bridgehead atoms. The quantitative estimate of drug-likeness (QED) is 0.234. The van der Waals surface area contributed by atoms with E-state index in [9.17, 15) is 34.1 Å². The highest BCUT2D eigenvalue weighted by Crippen LogP contribution is 2.62. The number of alkyl halides is 2. The van der Waals surface area contributed by atoms with Crippen LogP contribution in [-0.2, 0) is 20.4 Å². The zero-order valence-corrected chi connectivity index (χ0v) is 17.4. The maximum absolute atomic E-state index is 15.0. The van der Waals surface area contributed by atoms with Crippen LogP contribution in [0.25, 0.3) is 0 Å². The molecule has 3 heterocycles. The Hall–Kier alpha value is -2.45. The van der Waals surface area contributed by atoms with Gasteiger partial charge in [-0.2, -0.15) is 0 Å². The Morgan fingerprint density at radius 3 is 2.88 bits per heavy atom. The summed E-state index contributed by atoms with van der Waals surface area (Å²) in [6, 6.07) is 4.57. The van der Waals surface area contributed by atoms with Gasteiger partial charge in [0.05, 0.1) is 18.1 Å². The monoisotopic (exact) mass is 494 g/mol. The van der Waals surface area contributed by atoms with Gasteiger partial charge < -0.3 is 19.3 Å². The van der Waals surface area contributed by atoms with Crippen LogP contribution in [0.1, 0.15) is 11.8 Å². The van der Waals surface area contributed by atoms with Crippen LogP contribution in [-0.4, -0.2) is 48.4 Å². The van der Waals surface area contributed by atoms with Crippen molar-refractivity contribution in [3.05, 3.63) is 67.0 Å². The lowest BCUT2D eigenvalue weighted by Crippen LogP contribution is -2.42. The van der Waals surface area contributed by atoms with E-state index in [1.54, 1.807) is 0 Å². The molecule has 0 saturated carbocycles. The molecule has 173 valence electrons. The topological polar surface area (TPSA) is 175 Å². The maximum atomic E-state index is 15.0. The number of nitrogens with one attached hydrogen (secondary N) is 1. The van der Waals surface area contributed by atoms with Crippen molar-refractivity contribution in [2.45, 2.75) is 30.2 Å². The van der Waals surface area contributed by atoms with Gasteiger partial charge in [-0.15, -0.1) is 0 Å². The van der Waals surface area contributed by atoms with E-state index in [0.29, 0.717) is 10.1 Å². The van der Waals surface area contributed by atoms with Gasteiger partial charge in [-0.25, -0.2) is 9.18 Å². The predicted molar refractivity (Wildman–Crippen MR) is 105 cm³/mol. The van der Waals surface area contributed by atoms with Crippen LogP contribution in [0.3, 0.4) is 0 Å². The van der Waals surface area contributed by atoms with E-state index in [0.717, 1.165) is 18.3 Å².